The van der Waals surface area contributed by atoms with Gasteiger partial charge in [0.25, 0.3) is 0 Å². The predicted molar refractivity (Wildman–Crippen MR) is 50.1 cm³/mol. The van der Waals surface area contributed by atoms with Gasteiger partial charge in [-0.3, -0.25) is 20.5 Å². The van der Waals surface area contributed by atoms with Gasteiger partial charge in [-0.05, 0) is 6.42 Å². The number of nitrogens with one attached hydrogen (secondary N) is 2. The Hall–Kier alpha value is -1.10. The van der Waals surface area contributed by atoms with Gasteiger partial charge in [0, 0.05) is 26.6 Å². The van der Waals surface area contributed by atoms with Gasteiger partial charge in [0.15, 0.2) is 0 Å². The van der Waals surface area contributed by atoms with E-state index >= 15 is 0 Å². The Labute approximate surface area is 78.2 Å². The molecule has 1 amide bonds. The maximum absolute atomic E-state index is 10.9. The van der Waals surface area contributed by atoms with Crippen molar-refractivity contribution in [2.75, 3.05) is 20.1 Å². The number of carbonyl (C=O) groups is 1. The van der Waals surface area contributed by atoms with Crippen LogP contribution in [0.15, 0.2) is 0 Å². The lowest BCUT2D eigenvalue weighted by Crippen LogP contribution is -2.56. The largest absolute Gasteiger partial charge is 0.296 e. The van der Waals surface area contributed by atoms with E-state index in [1.165, 1.54) is 0 Å². The molecule has 1 rings (SSSR count). The molecule has 1 aliphatic rings. The molecule has 0 aromatic carbocycles. The molecule has 0 aliphatic carbocycles. The Balaban J connectivity index is 2.50. The van der Waals surface area contributed by atoms with Gasteiger partial charge in [-0.15, -0.1) is 0 Å². The van der Waals surface area contributed by atoms with Gasteiger partial charge in [-0.2, -0.15) is 0 Å². The molecule has 13 heavy (non-hydrogen) atoms. The van der Waals surface area contributed by atoms with Crippen molar-refractivity contribution in [3.63, 3.8) is 0 Å². The highest BCUT2D eigenvalue weighted by molar-refractivity contribution is 5.97. The third kappa shape index (κ3) is 2.42. The van der Waals surface area contributed by atoms with Crippen molar-refractivity contribution in [1.82, 2.24) is 15.3 Å². The van der Waals surface area contributed by atoms with Crippen LogP contribution in [0.2, 0.25) is 0 Å². The zero-order chi connectivity index (χ0) is 9.84. The smallest absolute Gasteiger partial charge is 0.228 e. The van der Waals surface area contributed by atoms with Gasteiger partial charge in [0.2, 0.25) is 11.9 Å². The number of guanidine groups is 1. The van der Waals surface area contributed by atoms with E-state index in [4.69, 9.17) is 5.41 Å². The van der Waals surface area contributed by atoms with Crippen LogP contribution in [0.25, 0.3) is 0 Å². The first-order valence-corrected chi connectivity index (χ1v) is 4.52. The van der Waals surface area contributed by atoms with Crippen molar-refractivity contribution < 1.29 is 4.79 Å². The molecule has 2 N–H and O–H groups in total. The standard InChI is InChI=1S/C8H16N4O/c1-3-5-11(2)12-6-4-7(13)10-8(12)9/h3-6H2,1-2H3,(H2,9,10,13). The molecule has 0 aromatic rings. The van der Waals surface area contributed by atoms with Crippen LogP contribution in [0.4, 0.5) is 0 Å². The van der Waals surface area contributed by atoms with E-state index < -0.39 is 0 Å². The van der Waals surface area contributed by atoms with Gasteiger partial charge in [-0.25, -0.2) is 5.01 Å². The van der Waals surface area contributed by atoms with Crippen LogP contribution < -0.4 is 5.32 Å². The summed E-state index contributed by atoms with van der Waals surface area (Å²) in [5, 5.41) is 13.8. The van der Waals surface area contributed by atoms with E-state index in [-0.39, 0.29) is 11.9 Å². The van der Waals surface area contributed by atoms with Gasteiger partial charge < -0.3 is 0 Å². The number of hydrogen-bond donors (Lipinski definition) is 2. The number of nitrogens with zero attached hydrogens (tertiary/aromatic N) is 2. The summed E-state index contributed by atoms with van der Waals surface area (Å²) in [6.07, 6.45) is 1.50. The lowest BCUT2D eigenvalue weighted by Gasteiger charge is -2.36. The molecule has 0 saturated carbocycles. The SMILES string of the molecule is CCCN(C)N1CCC(=O)NC1=N. The van der Waals surface area contributed by atoms with E-state index in [1.807, 2.05) is 12.1 Å². The van der Waals surface area contributed by atoms with Gasteiger partial charge >= 0.3 is 0 Å². The summed E-state index contributed by atoms with van der Waals surface area (Å²) in [4.78, 5) is 10.9. The van der Waals surface area contributed by atoms with Crippen molar-refractivity contribution in [3.05, 3.63) is 0 Å². The molecule has 1 heterocycles. The average molecular weight is 184 g/mol. The Bertz CT molecular complexity index is 216. The molecule has 0 spiro atoms. The second-order valence-corrected chi connectivity index (χ2v) is 3.15. The predicted octanol–water partition coefficient (Wildman–Crippen LogP) is -0.000130. The van der Waals surface area contributed by atoms with Gasteiger partial charge in [-0.1, -0.05) is 6.92 Å². The Kier molecular flexibility index (Phi) is 3.25. The van der Waals surface area contributed by atoms with Crippen LogP contribution in [0, 0.1) is 5.41 Å². The Morgan fingerprint density at radius 3 is 2.92 bits per heavy atom. The number of hydrazine groups is 1. The number of carbonyl (C=O) groups excluding carboxylic acids is 1. The van der Waals surface area contributed by atoms with E-state index in [0.29, 0.717) is 13.0 Å². The first-order valence-electron chi connectivity index (χ1n) is 4.52. The molecule has 5 heteroatoms. The summed E-state index contributed by atoms with van der Waals surface area (Å²) in [7, 11) is 1.93. The molecule has 1 aliphatic heterocycles. The molecule has 0 unspecified atom stereocenters. The summed E-state index contributed by atoms with van der Waals surface area (Å²) in [5.41, 5.74) is 0. The van der Waals surface area contributed by atoms with Crippen molar-refractivity contribution in [2.45, 2.75) is 19.8 Å². The quantitative estimate of drug-likeness (QED) is 0.649. The number of hydrogen-bond acceptors (Lipinski definition) is 3. The van der Waals surface area contributed by atoms with Crippen LogP contribution in [-0.4, -0.2) is 42.0 Å². The lowest BCUT2D eigenvalue weighted by molar-refractivity contribution is -0.122. The molecular weight excluding hydrogens is 168 g/mol. The van der Waals surface area contributed by atoms with Crippen LogP contribution >= 0.6 is 0 Å². The van der Waals surface area contributed by atoms with E-state index in [2.05, 4.69) is 12.2 Å². The maximum atomic E-state index is 10.9. The molecule has 0 bridgehead atoms. The molecule has 0 radical (unpaired) electrons. The highest BCUT2D eigenvalue weighted by Gasteiger charge is 2.22. The average Bonchev–Trinajstić information content (AvgIpc) is 2.04. The summed E-state index contributed by atoms with van der Waals surface area (Å²) in [6, 6.07) is 0. The zero-order valence-electron chi connectivity index (χ0n) is 8.13. The lowest BCUT2D eigenvalue weighted by atomic mass is 10.3. The van der Waals surface area contributed by atoms with E-state index in [1.54, 1.807) is 5.01 Å². The fraction of sp³-hybridized carbons (Fsp3) is 0.750. The van der Waals surface area contributed by atoms with Gasteiger partial charge in [0.1, 0.15) is 0 Å². The van der Waals surface area contributed by atoms with E-state index in [0.717, 1.165) is 13.0 Å². The summed E-state index contributed by atoms with van der Waals surface area (Å²) in [6.45, 7) is 3.60. The van der Waals surface area contributed by atoms with Crippen molar-refractivity contribution >= 4 is 11.9 Å². The van der Waals surface area contributed by atoms with Crippen LogP contribution in [0.1, 0.15) is 19.8 Å². The number of rotatable bonds is 3. The van der Waals surface area contributed by atoms with E-state index in [9.17, 15) is 4.79 Å². The first-order chi connectivity index (χ1) is 6.15. The third-order valence-corrected chi connectivity index (χ3v) is 2.03. The maximum Gasteiger partial charge on any atom is 0.228 e. The Morgan fingerprint density at radius 1 is 1.69 bits per heavy atom. The molecule has 5 nitrogen and oxygen atoms in total. The highest BCUT2D eigenvalue weighted by Crippen LogP contribution is 2.02. The summed E-state index contributed by atoms with van der Waals surface area (Å²) >= 11 is 0. The normalized spacial score (nSPS) is 17.9. The summed E-state index contributed by atoms with van der Waals surface area (Å²) in [5.74, 6) is 0.123. The van der Waals surface area contributed by atoms with Crippen molar-refractivity contribution in [2.24, 2.45) is 0 Å². The zero-order valence-corrected chi connectivity index (χ0v) is 8.13. The minimum absolute atomic E-state index is 0.0638. The molecule has 1 fully saturated rings. The minimum atomic E-state index is -0.0638. The molecule has 1 saturated heterocycles. The van der Waals surface area contributed by atoms with Crippen LogP contribution in [0.5, 0.6) is 0 Å². The van der Waals surface area contributed by atoms with Gasteiger partial charge in [0.05, 0.1) is 0 Å². The van der Waals surface area contributed by atoms with Crippen LogP contribution in [-0.2, 0) is 4.79 Å². The fourth-order valence-electron chi connectivity index (χ4n) is 1.36. The Morgan fingerprint density at radius 2 is 2.38 bits per heavy atom. The monoisotopic (exact) mass is 184 g/mol. The second-order valence-electron chi connectivity index (χ2n) is 3.15. The molecule has 74 valence electrons. The topological polar surface area (TPSA) is 59.4 Å². The first kappa shape index (κ1) is 9.98. The number of amides is 1. The van der Waals surface area contributed by atoms with Crippen molar-refractivity contribution in [3.8, 4) is 0 Å². The minimum Gasteiger partial charge on any atom is -0.296 e. The third-order valence-electron chi connectivity index (χ3n) is 2.03. The molecule has 0 atom stereocenters. The fourth-order valence-corrected chi connectivity index (χ4v) is 1.36. The van der Waals surface area contributed by atoms with Crippen LogP contribution in [0.3, 0.4) is 0 Å². The van der Waals surface area contributed by atoms with Crippen molar-refractivity contribution in [1.29, 1.82) is 5.41 Å². The second kappa shape index (κ2) is 4.23. The highest BCUT2D eigenvalue weighted by atomic mass is 16.2. The molecular formula is C8H16N4O. The molecule has 0 aromatic heterocycles. The summed E-state index contributed by atoms with van der Waals surface area (Å²) < 4.78 is 0.